The predicted molar refractivity (Wildman–Crippen MR) is 77.3 cm³/mol. The molecule has 4 N–H and O–H groups in total. The maximum atomic E-state index is 10.2. The van der Waals surface area contributed by atoms with Crippen LogP contribution in [0.4, 0.5) is 5.82 Å². The fraction of sp³-hybridized carbons (Fsp3) is 0. The predicted octanol–water partition coefficient (Wildman–Crippen LogP) is 1.25. The Morgan fingerprint density at radius 3 is 2.67 bits per heavy atom. The summed E-state index contributed by atoms with van der Waals surface area (Å²) in [6.07, 6.45) is 5.00. The van der Waals surface area contributed by atoms with Gasteiger partial charge in [0.05, 0.1) is 6.20 Å². The summed E-state index contributed by atoms with van der Waals surface area (Å²) >= 11 is 0. The molecule has 0 saturated carbocycles. The van der Waals surface area contributed by atoms with Crippen molar-refractivity contribution in [2.45, 2.75) is 0 Å². The van der Waals surface area contributed by atoms with Crippen molar-refractivity contribution in [1.29, 1.82) is 5.41 Å². The number of nitrogen functional groups attached to an aromatic ring is 1. The molecule has 0 radical (unpaired) electrons. The largest absolute Gasteiger partial charge is 0.426 e. The van der Waals surface area contributed by atoms with Crippen molar-refractivity contribution in [3.8, 4) is 11.5 Å². The maximum Gasteiger partial charge on any atom is 0.246 e. The zero-order valence-corrected chi connectivity index (χ0v) is 10.9. The van der Waals surface area contributed by atoms with Crippen molar-refractivity contribution in [2.75, 3.05) is 5.73 Å². The number of anilines is 1. The molecule has 0 atom stereocenters. The minimum Gasteiger partial charge on any atom is -0.426 e. The third-order valence-electron chi connectivity index (χ3n) is 2.91. The van der Waals surface area contributed by atoms with Crippen molar-refractivity contribution >= 4 is 18.0 Å². The number of hydrogen-bond acceptors (Lipinski definition) is 6. The van der Waals surface area contributed by atoms with Gasteiger partial charge >= 0.3 is 0 Å². The first-order chi connectivity index (χ1) is 10.1. The summed E-state index contributed by atoms with van der Waals surface area (Å²) in [4.78, 5) is 11.7. The quantitative estimate of drug-likeness (QED) is 0.611. The molecule has 0 aromatic heterocycles. The van der Waals surface area contributed by atoms with E-state index in [4.69, 9.17) is 11.1 Å². The smallest absolute Gasteiger partial charge is 0.246 e. The van der Waals surface area contributed by atoms with Crippen LogP contribution in [0.15, 0.2) is 36.5 Å². The van der Waals surface area contributed by atoms with Crippen LogP contribution in [0.3, 0.4) is 0 Å². The highest BCUT2D eigenvalue weighted by Crippen LogP contribution is 2.20. The summed E-state index contributed by atoms with van der Waals surface area (Å²) in [7, 11) is 0. The highest BCUT2D eigenvalue weighted by molar-refractivity contribution is 5.71. The first-order valence-corrected chi connectivity index (χ1v) is 6.17. The summed E-state index contributed by atoms with van der Waals surface area (Å²) in [5, 5.41) is 17.6. The minimum absolute atomic E-state index is 0.0615. The lowest BCUT2D eigenvalue weighted by Gasteiger charge is -2.11. The molecule has 0 unspecified atom stereocenters. The van der Waals surface area contributed by atoms with Gasteiger partial charge in [-0.3, -0.25) is 5.41 Å². The van der Waals surface area contributed by atoms with E-state index in [2.05, 4.69) is 15.0 Å². The van der Waals surface area contributed by atoms with Gasteiger partial charge < -0.3 is 10.9 Å². The first kappa shape index (κ1) is 12.8. The molecule has 0 amide bonds. The van der Waals surface area contributed by atoms with Crippen molar-refractivity contribution in [3.05, 3.63) is 53.4 Å². The number of rotatable bonds is 2. The zero-order chi connectivity index (χ0) is 14.8. The van der Waals surface area contributed by atoms with Crippen LogP contribution in [0.2, 0.25) is 0 Å². The van der Waals surface area contributed by atoms with Crippen LogP contribution in [0.1, 0.15) is 11.3 Å². The van der Waals surface area contributed by atoms with Gasteiger partial charge in [0.25, 0.3) is 0 Å². The van der Waals surface area contributed by atoms with Crippen LogP contribution in [0.25, 0.3) is 23.7 Å². The molecule has 1 aromatic carbocycles. The van der Waals surface area contributed by atoms with Gasteiger partial charge in [-0.25, -0.2) is 4.98 Å². The number of hydrogen-bond donors (Lipinski definition) is 3. The lowest BCUT2D eigenvalue weighted by atomic mass is 10.2. The first-order valence-electron chi connectivity index (χ1n) is 6.17. The molecule has 2 aliphatic heterocycles. The summed E-state index contributed by atoms with van der Waals surface area (Å²) in [6, 6.07) is 9.65. The molecule has 2 heterocycles. The molecule has 7 nitrogen and oxygen atoms in total. The van der Waals surface area contributed by atoms with E-state index in [0.29, 0.717) is 5.69 Å². The number of fused-ring (bicyclic) bond motifs is 1. The molecule has 21 heavy (non-hydrogen) atoms. The monoisotopic (exact) mass is 280 g/mol. The van der Waals surface area contributed by atoms with Crippen molar-refractivity contribution in [3.63, 3.8) is 0 Å². The van der Waals surface area contributed by atoms with E-state index in [9.17, 15) is 5.21 Å². The van der Waals surface area contributed by atoms with E-state index < -0.39 is 0 Å². The molecule has 2 aliphatic rings. The molecule has 1 aromatic rings. The Hall–Kier alpha value is -3.22. The van der Waals surface area contributed by atoms with E-state index in [-0.39, 0.29) is 23.0 Å². The van der Waals surface area contributed by atoms with E-state index >= 15 is 0 Å². The second kappa shape index (κ2) is 5.04. The summed E-state index contributed by atoms with van der Waals surface area (Å²) in [6.45, 7) is 0. The van der Waals surface area contributed by atoms with Gasteiger partial charge in [0.2, 0.25) is 11.4 Å². The fourth-order valence-corrected chi connectivity index (χ4v) is 1.90. The molecular weight excluding hydrogens is 268 g/mol. The van der Waals surface area contributed by atoms with Crippen LogP contribution < -0.4 is 11.4 Å². The highest BCUT2D eigenvalue weighted by atomic mass is 16.5. The lowest BCUT2D eigenvalue weighted by Crippen LogP contribution is -2.20. The fourth-order valence-electron chi connectivity index (χ4n) is 1.90. The summed E-state index contributed by atoms with van der Waals surface area (Å²) < 4.78 is 0.845. The zero-order valence-electron chi connectivity index (χ0n) is 10.9. The average Bonchev–Trinajstić information content (AvgIpc) is 2.48. The number of nitrogens with one attached hydrogen (secondary N) is 1. The third kappa shape index (κ3) is 2.44. The second-order valence-corrected chi connectivity index (χ2v) is 4.34. The van der Waals surface area contributed by atoms with Gasteiger partial charge in [0.15, 0.2) is 11.5 Å². The third-order valence-corrected chi connectivity index (χ3v) is 2.91. The molecule has 3 rings (SSSR count). The standard InChI is InChI=1S/C14H12N6O/c15-12-11-13(19-14(16)18-12)20(21)10(8-17-11)7-6-9-4-2-1-3-5-9/h1-8,21H,(H3,15,16,18)/b7-6+. The average molecular weight is 280 g/mol. The van der Waals surface area contributed by atoms with E-state index in [1.807, 2.05) is 36.4 Å². The second-order valence-electron chi connectivity index (χ2n) is 4.34. The number of nitrogens with zero attached hydrogens (tertiary/aromatic N) is 4. The Morgan fingerprint density at radius 2 is 1.90 bits per heavy atom. The molecule has 7 heteroatoms. The summed E-state index contributed by atoms with van der Waals surface area (Å²) in [5.74, 6) is 0.161. The molecule has 0 aliphatic carbocycles. The van der Waals surface area contributed by atoms with Crippen LogP contribution in [-0.4, -0.2) is 24.9 Å². The van der Waals surface area contributed by atoms with Gasteiger partial charge in [-0.2, -0.15) is 14.7 Å². The number of nitrogens with two attached hydrogens (primary N) is 1. The normalized spacial score (nSPS) is 11.2. The molecule has 0 saturated heterocycles. The Bertz CT molecular complexity index is 840. The SMILES string of the molecule is N=c1nc(N)c2ncc(/C=C/c3ccccc3)n(O)c-2n1. The molecule has 0 bridgehead atoms. The van der Waals surface area contributed by atoms with Gasteiger partial charge in [-0.1, -0.05) is 36.4 Å². The lowest BCUT2D eigenvalue weighted by molar-refractivity contribution is 0.183. The van der Waals surface area contributed by atoms with E-state index in [1.54, 1.807) is 6.08 Å². The Morgan fingerprint density at radius 1 is 1.14 bits per heavy atom. The van der Waals surface area contributed by atoms with E-state index in [1.165, 1.54) is 6.20 Å². The molecule has 104 valence electrons. The minimum atomic E-state index is -0.270. The van der Waals surface area contributed by atoms with Gasteiger partial charge in [-0.05, 0) is 11.6 Å². The number of benzene rings is 1. The molecular formula is C14H12N6O. The Labute approximate surface area is 119 Å². The van der Waals surface area contributed by atoms with Crippen molar-refractivity contribution < 1.29 is 5.21 Å². The van der Waals surface area contributed by atoms with Gasteiger partial charge in [0.1, 0.15) is 5.69 Å². The van der Waals surface area contributed by atoms with Gasteiger partial charge in [0, 0.05) is 0 Å². The van der Waals surface area contributed by atoms with Crippen LogP contribution in [0.5, 0.6) is 0 Å². The summed E-state index contributed by atoms with van der Waals surface area (Å²) in [5.41, 5.74) is 7.06. The van der Waals surface area contributed by atoms with Crippen LogP contribution in [0, 0.1) is 5.41 Å². The highest BCUT2D eigenvalue weighted by Gasteiger charge is 2.16. The van der Waals surface area contributed by atoms with Crippen LogP contribution >= 0.6 is 0 Å². The Kier molecular flexibility index (Phi) is 3.07. The Balaban J connectivity index is 2.09. The molecule has 0 spiro atoms. The van der Waals surface area contributed by atoms with Crippen LogP contribution in [-0.2, 0) is 0 Å². The van der Waals surface area contributed by atoms with Gasteiger partial charge in [-0.15, -0.1) is 0 Å². The number of aromatic nitrogens is 4. The maximum absolute atomic E-state index is 10.2. The topological polar surface area (TPSA) is 114 Å². The van der Waals surface area contributed by atoms with Crippen molar-refractivity contribution in [1.82, 2.24) is 19.7 Å². The van der Waals surface area contributed by atoms with E-state index in [0.717, 1.165) is 10.3 Å². The van der Waals surface area contributed by atoms with Crippen molar-refractivity contribution in [2.24, 2.45) is 0 Å². The molecule has 0 fully saturated rings.